The second-order valence-electron chi connectivity index (χ2n) is 5.01. The summed E-state index contributed by atoms with van der Waals surface area (Å²) in [5.41, 5.74) is 0.631. The normalized spacial score (nSPS) is 32.1. The molecule has 0 spiro atoms. The largest absolute Gasteiger partial charge is 0.363 e. The van der Waals surface area contributed by atoms with Gasteiger partial charge in [0.25, 0.3) is 0 Å². The third-order valence-corrected chi connectivity index (χ3v) is 3.88. The second kappa shape index (κ2) is 4.49. The summed E-state index contributed by atoms with van der Waals surface area (Å²) in [6.45, 7) is 0. The molecule has 0 bridgehead atoms. The molecule has 0 aromatic carbocycles. The summed E-state index contributed by atoms with van der Waals surface area (Å²) in [5, 5.41) is 9.82. The number of fused-ring (bicyclic) bond motifs is 1. The minimum Gasteiger partial charge on any atom is -0.363 e. The standard InChI is InChI=1S/C12H17N3O2/c16-12(14-9-6-13-17-7-9)11-5-8-3-1-2-4-10(8)15-11/h6-8,10-11,15H,1-5H2,(H,14,16). The van der Waals surface area contributed by atoms with Gasteiger partial charge in [0.15, 0.2) is 0 Å². The molecule has 17 heavy (non-hydrogen) atoms. The highest BCUT2D eigenvalue weighted by molar-refractivity contribution is 5.94. The summed E-state index contributed by atoms with van der Waals surface area (Å²) < 4.78 is 4.69. The van der Waals surface area contributed by atoms with E-state index in [4.69, 9.17) is 0 Å². The predicted molar refractivity (Wildman–Crippen MR) is 62.4 cm³/mol. The fourth-order valence-electron chi connectivity index (χ4n) is 3.02. The van der Waals surface area contributed by atoms with Gasteiger partial charge in [0.1, 0.15) is 12.0 Å². The lowest BCUT2D eigenvalue weighted by molar-refractivity contribution is -0.117. The molecule has 2 fully saturated rings. The summed E-state index contributed by atoms with van der Waals surface area (Å²) in [7, 11) is 0. The number of hydrogen-bond donors (Lipinski definition) is 2. The Morgan fingerprint density at radius 1 is 1.47 bits per heavy atom. The van der Waals surface area contributed by atoms with Crippen LogP contribution in [0.25, 0.3) is 0 Å². The molecule has 1 saturated carbocycles. The number of aromatic nitrogens is 1. The van der Waals surface area contributed by atoms with Crippen LogP contribution in [0, 0.1) is 5.92 Å². The number of rotatable bonds is 2. The molecule has 3 rings (SSSR count). The Bertz CT molecular complexity index is 376. The quantitative estimate of drug-likeness (QED) is 0.815. The van der Waals surface area contributed by atoms with Crippen LogP contribution in [0.4, 0.5) is 5.69 Å². The molecule has 5 heteroatoms. The maximum Gasteiger partial charge on any atom is 0.241 e. The van der Waals surface area contributed by atoms with Gasteiger partial charge >= 0.3 is 0 Å². The number of carbonyl (C=O) groups is 1. The number of anilines is 1. The van der Waals surface area contributed by atoms with Gasteiger partial charge in [-0.1, -0.05) is 18.0 Å². The second-order valence-corrected chi connectivity index (χ2v) is 5.01. The Labute approximate surface area is 99.9 Å². The molecular formula is C12H17N3O2. The lowest BCUT2D eigenvalue weighted by Gasteiger charge is -2.24. The minimum atomic E-state index is -0.0574. The van der Waals surface area contributed by atoms with Gasteiger partial charge in [-0.2, -0.15) is 0 Å². The van der Waals surface area contributed by atoms with E-state index >= 15 is 0 Å². The van der Waals surface area contributed by atoms with Crippen molar-refractivity contribution in [2.75, 3.05) is 5.32 Å². The van der Waals surface area contributed by atoms with Crippen molar-refractivity contribution in [2.45, 2.75) is 44.2 Å². The highest BCUT2D eigenvalue weighted by Gasteiger charge is 2.38. The predicted octanol–water partition coefficient (Wildman–Crippen LogP) is 1.53. The molecule has 3 unspecified atom stereocenters. The molecule has 1 amide bonds. The number of carbonyl (C=O) groups excluding carboxylic acids is 1. The van der Waals surface area contributed by atoms with Crippen molar-refractivity contribution in [2.24, 2.45) is 5.92 Å². The number of amides is 1. The van der Waals surface area contributed by atoms with Gasteiger partial charge in [0, 0.05) is 6.04 Å². The zero-order valence-corrected chi connectivity index (χ0v) is 9.69. The molecule has 3 atom stereocenters. The first-order chi connectivity index (χ1) is 8.33. The van der Waals surface area contributed by atoms with Gasteiger partial charge in [0.05, 0.1) is 12.2 Å². The van der Waals surface area contributed by atoms with Crippen LogP contribution in [0.5, 0.6) is 0 Å². The fraction of sp³-hybridized carbons (Fsp3) is 0.667. The zero-order chi connectivity index (χ0) is 11.7. The number of nitrogens with zero attached hydrogens (tertiary/aromatic N) is 1. The average molecular weight is 235 g/mol. The molecule has 1 aliphatic carbocycles. The third kappa shape index (κ3) is 2.20. The van der Waals surface area contributed by atoms with Crippen LogP contribution < -0.4 is 10.6 Å². The molecule has 1 aromatic heterocycles. The first kappa shape index (κ1) is 10.8. The Morgan fingerprint density at radius 3 is 3.12 bits per heavy atom. The summed E-state index contributed by atoms with van der Waals surface area (Å²) in [6, 6.07) is 0.486. The van der Waals surface area contributed by atoms with E-state index in [1.54, 1.807) is 0 Å². The van der Waals surface area contributed by atoms with Crippen molar-refractivity contribution < 1.29 is 9.32 Å². The smallest absolute Gasteiger partial charge is 0.241 e. The van der Waals surface area contributed by atoms with Crippen LogP contribution in [0.3, 0.4) is 0 Å². The SMILES string of the molecule is O=C(Nc1cnoc1)C1CC2CCCCC2N1. The third-order valence-electron chi connectivity index (χ3n) is 3.88. The molecule has 0 radical (unpaired) electrons. The summed E-state index contributed by atoms with van der Waals surface area (Å²) in [4.78, 5) is 12.0. The van der Waals surface area contributed by atoms with Crippen LogP contribution in [0.2, 0.25) is 0 Å². The van der Waals surface area contributed by atoms with Gasteiger partial charge in [-0.25, -0.2) is 0 Å². The molecular weight excluding hydrogens is 218 g/mol. The molecule has 2 N–H and O–H groups in total. The fourth-order valence-corrected chi connectivity index (χ4v) is 3.02. The lowest BCUT2D eigenvalue weighted by Crippen LogP contribution is -2.39. The van der Waals surface area contributed by atoms with Gasteiger partial charge < -0.3 is 15.2 Å². The van der Waals surface area contributed by atoms with Crippen LogP contribution >= 0.6 is 0 Å². The summed E-state index contributed by atoms with van der Waals surface area (Å²) in [5.74, 6) is 0.713. The van der Waals surface area contributed by atoms with Crippen LogP contribution in [-0.4, -0.2) is 23.1 Å². The molecule has 1 aromatic rings. The van der Waals surface area contributed by atoms with E-state index in [1.807, 2.05) is 0 Å². The monoisotopic (exact) mass is 235 g/mol. The Kier molecular flexibility index (Phi) is 2.84. The van der Waals surface area contributed by atoms with E-state index in [1.165, 1.54) is 38.1 Å². The lowest BCUT2D eigenvalue weighted by atomic mass is 9.85. The molecule has 2 aliphatic rings. The van der Waals surface area contributed by atoms with Gasteiger partial charge in [0.2, 0.25) is 5.91 Å². The van der Waals surface area contributed by atoms with Crippen molar-refractivity contribution in [3.05, 3.63) is 12.5 Å². The van der Waals surface area contributed by atoms with Gasteiger partial charge in [-0.15, -0.1) is 0 Å². The Morgan fingerprint density at radius 2 is 2.35 bits per heavy atom. The van der Waals surface area contributed by atoms with Crippen molar-refractivity contribution in [3.8, 4) is 0 Å². The molecule has 1 aliphatic heterocycles. The maximum absolute atomic E-state index is 12.0. The van der Waals surface area contributed by atoms with E-state index in [-0.39, 0.29) is 11.9 Å². The highest BCUT2D eigenvalue weighted by Crippen LogP contribution is 2.33. The van der Waals surface area contributed by atoms with E-state index in [0.29, 0.717) is 17.6 Å². The topological polar surface area (TPSA) is 67.2 Å². The minimum absolute atomic E-state index is 0.0302. The maximum atomic E-state index is 12.0. The molecule has 1 saturated heterocycles. The Hall–Kier alpha value is -1.36. The average Bonchev–Trinajstić information content (AvgIpc) is 2.96. The summed E-state index contributed by atoms with van der Waals surface area (Å²) >= 11 is 0. The van der Waals surface area contributed by atoms with Crippen molar-refractivity contribution in [3.63, 3.8) is 0 Å². The molecule has 2 heterocycles. The van der Waals surface area contributed by atoms with Crippen molar-refractivity contribution >= 4 is 11.6 Å². The van der Waals surface area contributed by atoms with Crippen LogP contribution in [0.15, 0.2) is 17.0 Å². The van der Waals surface area contributed by atoms with Gasteiger partial charge in [-0.3, -0.25) is 4.79 Å². The highest BCUT2D eigenvalue weighted by atomic mass is 16.5. The molecule has 92 valence electrons. The first-order valence-electron chi connectivity index (χ1n) is 6.29. The van der Waals surface area contributed by atoms with E-state index in [9.17, 15) is 4.79 Å². The summed E-state index contributed by atoms with van der Waals surface area (Å²) in [6.07, 6.45) is 8.98. The van der Waals surface area contributed by atoms with E-state index in [2.05, 4.69) is 20.3 Å². The van der Waals surface area contributed by atoms with Crippen LogP contribution in [0.1, 0.15) is 32.1 Å². The van der Waals surface area contributed by atoms with E-state index in [0.717, 1.165) is 6.42 Å². The van der Waals surface area contributed by atoms with Crippen LogP contribution in [-0.2, 0) is 4.79 Å². The molecule has 5 nitrogen and oxygen atoms in total. The zero-order valence-electron chi connectivity index (χ0n) is 9.69. The first-order valence-corrected chi connectivity index (χ1v) is 6.29. The number of nitrogens with one attached hydrogen (secondary N) is 2. The number of hydrogen-bond acceptors (Lipinski definition) is 4. The van der Waals surface area contributed by atoms with Gasteiger partial charge in [-0.05, 0) is 25.2 Å². The van der Waals surface area contributed by atoms with Crippen molar-refractivity contribution in [1.29, 1.82) is 0 Å². The Balaban J connectivity index is 1.60. The van der Waals surface area contributed by atoms with Crippen molar-refractivity contribution in [1.82, 2.24) is 10.5 Å². The van der Waals surface area contributed by atoms with E-state index < -0.39 is 0 Å².